The number of hydrogen-bond donors (Lipinski definition) is 1. The maximum Gasteiger partial charge on any atom is 0.227 e. The standard InChI is InChI=1S/C17H18N2O/c1-10(2)13-8-14(18)16-15(9-13)19-17(20-16)12-6-4-5-11(3)7-12/h4-10H,18H2,1-3H3. The van der Waals surface area contributed by atoms with Gasteiger partial charge in [0.25, 0.3) is 0 Å². The molecule has 0 bridgehead atoms. The summed E-state index contributed by atoms with van der Waals surface area (Å²) >= 11 is 0. The molecule has 0 atom stereocenters. The summed E-state index contributed by atoms with van der Waals surface area (Å²) in [5.41, 5.74) is 11.6. The number of hydrogen-bond acceptors (Lipinski definition) is 3. The van der Waals surface area contributed by atoms with E-state index in [2.05, 4.69) is 44.0 Å². The Kier molecular flexibility index (Phi) is 2.97. The molecule has 0 saturated carbocycles. The van der Waals surface area contributed by atoms with Gasteiger partial charge < -0.3 is 10.2 Å². The third-order valence-electron chi connectivity index (χ3n) is 3.47. The number of anilines is 1. The van der Waals surface area contributed by atoms with Crippen LogP contribution in [0.15, 0.2) is 40.8 Å². The van der Waals surface area contributed by atoms with Gasteiger partial charge in [-0.1, -0.05) is 31.5 Å². The minimum absolute atomic E-state index is 0.417. The Balaban J connectivity index is 2.18. The molecule has 3 aromatic rings. The summed E-state index contributed by atoms with van der Waals surface area (Å²) < 4.78 is 5.84. The molecule has 3 nitrogen and oxygen atoms in total. The molecule has 0 aliphatic carbocycles. The Hall–Kier alpha value is -2.29. The van der Waals surface area contributed by atoms with E-state index in [-0.39, 0.29) is 0 Å². The van der Waals surface area contributed by atoms with Gasteiger partial charge in [0.15, 0.2) is 5.58 Å². The molecule has 2 aromatic carbocycles. The summed E-state index contributed by atoms with van der Waals surface area (Å²) in [5.74, 6) is 1.04. The molecule has 0 radical (unpaired) electrons. The van der Waals surface area contributed by atoms with Crippen molar-refractivity contribution in [3.05, 3.63) is 47.5 Å². The van der Waals surface area contributed by atoms with Gasteiger partial charge >= 0.3 is 0 Å². The fraction of sp³-hybridized carbons (Fsp3) is 0.235. The second kappa shape index (κ2) is 4.67. The summed E-state index contributed by atoms with van der Waals surface area (Å²) in [7, 11) is 0. The highest BCUT2D eigenvalue weighted by molar-refractivity contribution is 5.87. The Bertz CT molecular complexity index is 772. The van der Waals surface area contributed by atoms with Crippen LogP contribution in [0.4, 0.5) is 5.69 Å². The van der Waals surface area contributed by atoms with Crippen molar-refractivity contribution in [1.82, 2.24) is 4.98 Å². The Morgan fingerprint density at radius 1 is 1.15 bits per heavy atom. The monoisotopic (exact) mass is 266 g/mol. The number of nitrogen functional groups attached to an aromatic ring is 1. The third-order valence-corrected chi connectivity index (χ3v) is 3.47. The van der Waals surface area contributed by atoms with Crippen LogP contribution in [0.3, 0.4) is 0 Å². The lowest BCUT2D eigenvalue weighted by Gasteiger charge is -2.05. The number of nitrogens with two attached hydrogens (primary N) is 1. The van der Waals surface area contributed by atoms with E-state index in [4.69, 9.17) is 10.2 Å². The van der Waals surface area contributed by atoms with Crippen molar-refractivity contribution in [2.45, 2.75) is 26.7 Å². The smallest absolute Gasteiger partial charge is 0.227 e. The van der Waals surface area contributed by atoms with Crippen LogP contribution in [0, 0.1) is 6.92 Å². The van der Waals surface area contributed by atoms with Crippen molar-refractivity contribution >= 4 is 16.8 Å². The quantitative estimate of drug-likeness (QED) is 0.694. The first kappa shape index (κ1) is 12.7. The van der Waals surface area contributed by atoms with Crippen molar-refractivity contribution in [3.63, 3.8) is 0 Å². The molecule has 3 heteroatoms. The topological polar surface area (TPSA) is 52.0 Å². The van der Waals surface area contributed by atoms with E-state index in [1.807, 2.05) is 18.2 Å². The average Bonchev–Trinajstić information content (AvgIpc) is 2.83. The predicted octanol–water partition coefficient (Wildman–Crippen LogP) is 4.51. The minimum atomic E-state index is 0.417. The van der Waals surface area contributed by atoms with Gasteiger partial charge in [0.1, 0.15) is 5.52 Å². The summed E-state index contributed by atoms with van der Waals surface area (Å²) in [6.45, 7) is 6.34. The second-order valence-electron chi connectivity index (χ2n) is 5.50. The molecule has 102 valence electrons. The first-order valence-corrected chi connectivity index (χ1v) is 6.81. The van der Waals surface area contributed by atoms with Gasteiger partial charge in [0.05, 0.1) is 5.69 Å². The first-order chi connectivity index (χ1) is 9.54. The molecule has 0 spiro atoms. The van der Waals surface area contributed by atoms with Gasteiger partial charge in [-0.3, -0.25) is 0 Å². The van der Waals surface area contributed by atoms with Crippen LogP contribution in [-0.4, -0.2) is 4.98 Å². The molecule has 20 heavy (non-hydrogen) atoms. The highest BCUT2D eigenvalue weighted by atomic mass is 16.3. The Morgan fingerprint density at radius 3 is 2.65 bits per heavy atom. The molecule has 1 aromatic heterocycles. The summed E-state index contributed by atoms with van der Waals surface area (Å²) in [4.78, 5) is 4.58. The van der Waals surface area contributed by atoms with Crippen LogP contribution in [-0.2, 0) is 0 Å². The SMILES string of the molecule is Cc1cccc(-c2nc3cc(C(C)C)cc(N)c3o2)c1. The van der Waals surface area contributed by atoms with E-state index in [0.29, 0.717) is 23.1 Å². The van der Waals surface area contributed by atoms with Crippen LogP contribution in [0.25, 0.3) is 22.6 Å². The Labute approximate surface area is 118 Å². The average molecular weight is 266 g/mol. The number of aromatic nitrogens is 1. The number of fused-ring (bicyclic) bond motifs is 1. The number of oxazole rings is 1. The van der Waals surface area contributed by atoms with E-state index in [1.54, 1.807) is 0 Å². The van der Waals surface area contributed by atoms with Gasteiger partial charge in [-0.05, 0) is 42.7 Å². The van der Waals surface area contributed by atoms with Crippen LogP contribution >= 0.6 is 0 Å². The lowest BCUT2D eigenvalue weighted by Crippen LogP contribution is -1.92. The van der Waals surface area contributed by atoms with Gasteiger partial charge in [-0.25, -0.2) is 4.98 Å². The molecule has 0 unspecified atom stereocenters. The lowest BCUT2D eigenvalue weighted by molar-refractivity contribution is 0.621. The van der Waals surface area contributed by atoms with E-state index in [9.17, 15) is 0 Å². The molecule has 0 amide bonds. The zero-order chi connectivity index (χ0) is 14.3. The molecular formula is C17H18N2O. The minimum Gasteiger partial charge on any atom is -0.434 e. The molecule has 0 fully saturated rings. The van der Waals surface area contributed by atoms with E-state index >= 15 is 0 Å². The number of nitrogens with zero attached hydrogens (tertiary/aromatic N) is 1. The number of rotatable bonds is 2. The molecule has 1 heterocycles. The van der Waals surface area contributed by atoms with Crippen LogP contribution in [0.5, 0.6) is 0 Å². The van der Waals surface area contributed by atoms with Crippen molar-refractivity contribution in [2.24, 2.45) is 0 Å². The highest BCUT2D eigenvalue weighted by Crippen LogP contribution is 2.31. The molecule has 2 N–H and O–H groups in total. The lowest BCUT2D eigenvalue weighted by atomic mass is 10.0. The van der Waals surface area contributed by atoms with Gasteiger partial charge in [-0.2, -0.15) is 0 Å². The normalized spacial score (nSPS) is 11.4. The molecular weight excluding hydrogens is 248 g/mol. The zero-order valence-corrected chi connectivity index (χ0v) is 12.0. The van der Waals surface area contributed by atoms with Crippen molar-refractivity contribution < 1.29 is 4.42 Å². The van der Waals surface area contributed by atoms with Crippen molar-refractivity contribution in [2.75, 3.05) is 5.73 Å². The maximum absolute atomic E-state index is 6.08. The van der Waals surface area contributed by atoms with Crippen molar-refractivity contribution in [1.29, 1.82) is 0 Å². The fourth-order valence-electron chi connectivity index (χ4n) is 2.32. The zero-order valence-electron chi connectivity index (χ0n) is 12.0. The Morgan fingerprint density at radius 2 is 1.95 bits per heavy atom. The van der Waals surface area contributed by atoms with E-state index in [0.717, 1.165) is 11.1 Å². The molecule has 0 saturated heterocycles. The van der Waals surface area contributed by atoms with Crippen molar-refractivity contribution in [3.8, 4) is 11.5 Å². The van der Waals surface area contributed by atoms with Crippen LogP contribution in [0.2, 0.25) is 0 Å². The largest absolute Gasteiger partial charge is 0.434 e. The summed E-state index contributed by atoms with van der Waals surface area (Å²) in [6, 6.07) is 12.1. The van der Waals surface area contributed by atoms with Gasteiger partial charge in [0, 0.05) is 5.56 Å². The summed E-state index contributed by atoms with van der Waals surface area (Å²) in [6.07, 6.45) is 0. The maximum atomic E-state index is 6.08. The summed E-state index contributed by atoms with van der Waals surface area (Å²) in [5, 5.41) is 0. The van der Waals surface area contributed by atoms with E-state index < -0.39 is 0 Å². The molecule has 0 aliphatic rings. The second-order valence-corrected chi connectivity index (χ2v) is 5.50. The highest BCUT2D eigenvalue weighted by Gasteiger charge is 2.13. The third kappa shape index (κ3) is 2.16. The van der Waals surface area contributed by atoms with Crippen LogP contribution in [0.1, 0.15) is 30.9 Å². The molecule has 0 aliphatic heterocycles. The molecule has 3 rings (SSSR count). The van der Waals surface area contributed by atoms with E-state index in [1.165, 1.54) is 11.1 Å². The van der Waals surface area contributed by atoms with Crippen LogP contribution < -0.4 is 5.73 Å². The number of benzene rings is 2. The first-order valence-electron chi connectivity index (χ1n) is 6.81. The van der Waals surface area contributed by atoms with Gasteiger partial charge in [-0.15, -0.1) is 0 Å². The fourth-order valence-corrected chi connectivity index (χ4v) is 2.32. The van der Waals surface area contributed by atoms with Gasteiger partial charge in [0.2, 0.25) is 5.89 Å². The predicted molar refractivity (Wildman–Crippen MR) is 82.7 cm³/mol. The number of aryl methyl sites for hydroxylation is 1.